The average molecular weight is 465 g/mol. The van der Waals surface area contributed by atoms with E-state index in [1.165, 1.54) is 37.3 Å². The number of anilines is 1. The highest BCUT2D eigenvalue weighted by Gasteiger charge is 2.36. The summed E-state index contributed by atoms with van der Waals surface area (Å²) in [6.07, 6.45) is 1.05. The van der Waals surface area contributed by atoms with E-state index in [0.717, 1.165) is 17.8 Å². The van der Waals surface area contributed by atoms with E-state index in [-0.39, 0.29) is 20.7 Å². The van der Waals surface area contributed by atoms with Crippen LogP contribution in [0.25, 0.3) is 0 Å². The second-order valence-corrected chi connectivity index (χ2v) is 7.65. The van der Waals surface area contributed by atoms with Gasteiger partial charge in [0, 0.05) is 11.1 Å². The Labute approximate surface area is 186 Å². The molecular weight excluding hydrogens is 451 g/mol. The van der Waals surface area contributed by atoms with E-state index in [4.69, 9.17) is 27.9 Å². The van der Waals surface area contributed by atoms with Gasteiger partial charge in [-0.2, -0.15) is 4.99 Å². The summed E-state index contributed by atoms with van der Waals surface area (Å²) in [5, 5.41) is 0.571. The van der Waals surface area contributed by atoms with Crippen LogP contribution in [0.3, 0.4) is 0 Å². The lowest BCUT2D eigenvalue weighted by atomic mass is 10.2. The molecule has 2 aromatic carbocycles. The number of halogens is 2. The van der Waals surface area contributed by atoms with Crippen molar-refractivity contribution >= 4 is 63.6 Å². The number of amidine groups is 1. The van der Waals surface area contributed by atoms with Crippen molar-refractivity contribution in [1.29, 1.82) is 0 Å². The van der Waals surface area contributed by atoms with Crippen molar-refractivity contribution < 1.29 is 23.9 Å². The van der Waals surface area contributed by atoms with Gasteiger partial charge in [-0.3, -0.25) is 14.5 Å². The Morgan fingerprint density at radius 3 is 2.40 bits per heavy atom. The molecule has 1 saturated heterocycles. The topological polar surface area (TPSA) is 85.3 Å². The fourth-order valence-electron chi connectivity index (χ4n) is 2.48. The minimum absolute atomic E-state index is 0.0615. The predicted octanol–water partition coefficient (Wildman–Crippen LogP) is 4.34. The molecule has 0 unspecified atom stereocenters. The van der Waals surface area contributed by atoms with E-state index < -0.39 is 17.8 Å². The van der Waals surface area contributed by atoms with Gasteiger partial charge in [0.05, 0.1) is 35.4 Å². The van der Waals surface area contributed by atoms with Crippen LogP contribution in [-0.2, 0) is 14.3 Å². The number of amides is 2. The maximum absolute atomic E-state index is 12.9. The van der Waals surface area contributed by atoms with Crippen molar-refractivity contribution in [2.45, 2.75) is 0 Å². The zero-order chi connectivity index (χ0) is 21.8. The molecule has 1 aliphatic heterocycles. The van der Waals surface area contributed by atoms with Gasteiger partial charge in [-0.05, 0) is 54.2 Å². The van der Waals surface area contributed by atoms with Gasteiger partial charge in [0.1, 0.15) is 5.75 Å². The zero-order valence-corrected chi connectivity index (χ0v) is 18.0. The Balaban J connectivity index is 2.04. The van der Waals surface area contributed by atoms with E-state index in [1.54, 1.807) is 24.3 Å². The number of thioether (sulfide) groups is 1. The van der Waals surface area contributed by atoms with Gasteiger partial charge in [-0.1, -0.05) is 23.2 Å². The normalized spacial score (nSPS) is 16.3. The third-order valence-corrected chi connectivity index (χ3v) is 5.46. The largest absolute Gasteiger partial charge is 0.497 e. The van der Waals surface area contributed by atoms with Gasteiger partial charge >= 0.3 is 5.97 Å². The van der Waals surface area contributed by atoms with E-state index in [9.17, 15) is 14.4 Å². The lowest BCUT2D eigenvalue weighted by molar-refractivity contribution is -0.135. The molecule has 0 atom stereocenters. The third kappa shape index (κ3) is 4.67. The summed E-state index contributed by atoms with van der Waals surface area (Å²) in [5.74, 6) is -1.30. The summed E-state index contributed by atoms with van der Waals surface area (Å²) in [4.78, 5) is 42.6. The Kier molecular flexibility index (Phi) is 6.81. The van der Waals surface area contributed by atoms with Crippen molar-refractivity contribution in [2.75, 3.05) is 19.1 Å². The lowest BCUT2D eigenvalue weighted by Crippen LogP contribution is -2.29. The van der Waals surface area contributed by atoms with Gasteiger partial charge in [0.2, 0.25) is 0 Å². The number of carbonyl (C=O) groups excluding carboxylic acids is 3. The van der Waals surface area contributed by atoms with Gasteiger partial charge in [-0.25, -0.2) is 4.79 Å². The molecule has 0 aliphatic carbocycles. The summed E-state index contributed by atoms with van der Waals surface area (Å²) in [5.41, 5.74) is 0.567. The average Bonchev–Trinajstić information content (AvgIpc) is 3.02. The monoisotopic (exact) mass is 464 g/mol. The Hall–Kier alpha value is -2.81. The van der Waals surface area contributed by atoms with Gasteiger partial charge < -0.3 is 9.47 Å². The van der Waals surface area contributed by atoms with Crippen LogP contribution >= 0.6 is 35.0 Å². The standard InChI is InChI=1S/C20H14Cl2N2O5S/c1-28-13-6-4-12(5-7-13)24-19(27)16(10-17(25)29-2)30-20(24)23-18(26)14-8-3-11(21)9-15(14)22/h3-10H,1-2H3. The molecular formula is C20H14Cl2N2O5S. The molecule has 30 heavy (non-hydrogen) atoms. The smallest absolute Gasteiger partial charge is 0.331 e. The van der Waals surface area contributed by atoms with Crippen molar-refractivity contribution in [2.24, 2.45) is 4.99 Å². The molecule has 0 radical (unpaired) electrons. The van der Waals surface area contributed by atoms with Crippen LogP contribution in [-0.4, -0.2) is 37.2 Å². The van der Waals surface area contributed by atoms with Crippen LogP contribution < -0.4 is 9.64 Å². The highest BCUT2D eigenvalue weighted by molar-refractivity contribution is 8.19. The Bertz CT molecular complexity index is 1080. The third-order valence-electron chi connectivity index (χ3n) is 3.95. The van der Waals surface area contributed by atoms with E-state index in [1.807, 2.05) is 0 Å². The van der Waals surface area contributed by atoms with Gasteiger partial charge in [-0.15, -0.1) is 0 Å². The maximum atomic E-state index is 12.9. The number of rotatable bonds is 4. The number of esters is 1. The number of carbonyl (C=O) groups is 3. The quantitative estimate of drug-likeness (QED) is 0.494. The molecule has 0 aromatic heterocycles. The molecule has 10 heteroatoms. The van der Waals surface area contributed by atoms with Crippen LogP contribution in [0.15, 0.2) is 58.4 Å². The highest BCUT2D eigenvalue weighted by Crippen LogP contribution is 2.36. The summed E-state index contributed by atoms with van der Waals surface area (Å²) in [7, 11) is 2.72. The molecule has 1 fully saturated rings. The second-order valence-electron chi connectivity index (χ2n) is 5.80. The molecule has 1 aliphatic rings. The summed E-state index contributed by atoms with van der Waals surface area (Å²) in [6, 6.07) is 11.0. The van der Waals surface area contributed by atoms with E-state index in [0.29, 0.717) is 16.5 Å². The van der Waals surface area contributed by atoms with Crippen molar-refractivity contribution in [1.82, 2.24) is 0 Å². The number of nitrogens with zero attached hydrogens (tertiary/aromatic N) is 2. The first-order valence-electron chi connectivity index (χ1n) is 8.38. The van der Waals surface area contributed by atoms with Crippen LogP contribution in [0.2, 0.25) is 10.0 Å². The maximum Gasteiger partial charge on any atom is 0.331 e. The Morgan fingerprint density at radius 2 is 1.80 bits per heavy atom. The molecule has 154 valence electrons. The highest BCUT2D eigenvalue weighted by atomic mass is 35.5. The first-order valence-corrected chi connectivity index (χ1v) is 9.95. The van der Waals surface area contributed by atoms with Crippen molar-refractivity contribution in [3.05, 3.63) is 69.1 Å². The van der Waals surface area contributed by atoms with Crippen LogP contribution in [0.4, 0.5) is 5.69 Å². The lowest BCUT2D eigenvalue weighted by Gasteiger charge is -2.16. The van der Waals surface area contributed by atoms with Crippen LogP contribution in [0, 0.1) is 0 Å². The minimum atomic E-state index is -0.700. The predicted molar refractivity (Wildman–Crippen MR) is 116 cm³/mol. The zero-order valence-electron chi connectivity index (χ0n) is 15.7. The summed E-state index contributed by atoms with van der Waals surface area (Å²) >= 11 is 12.8. The molecule has 7 nitrogen and oxygen atoms in total. The summed E-state index contributed by atoms with van der Waals surface area (Å²) < 4.78 is 9.72. The van der Waals surface area contributed by atoms with Crippen molar-refractivity contribution in [3.8, 4) is 5.75 Å². The van der Waals surface area contributed by atoms with Gasteiger partial charge in [0.15, 0.2) is 5.17 Å². The van der Waals surface area contributed by atoms with E-state index in [2.05, 4.69) is 9.73 Å². The molecule has 1 heterocycles. The molecule has 2 amide bonds. The first kappa shape index (κ1) is 21.9. The molecule has 0 N–H and O–H groups in total. The fourth-order valence-corrected chi connectivity index (χ4v) is 3.91. The SMILES string of the molecule is COC(=O)C=C1SC(=NC(=O)c2ccc(Cl)cc2Cl)N(c2ccc(OC)cc2)C1=O. The fraction of sp³-hybridized carbons (Fsp3) is 0.100. The van der Waals surface area contributed by atoms with Crippen LogP contribution in [0.5, 0.6) is 5.75 Å². The number of benzene rings is 2. The Morgan fingerprint density at radius 1 is 1.10 bits per heavy atom. The molecule has 0 saturated carbocycles. The van der Waals surface area contributed by atoms with Crippen molar-refractivity contribution in [3.63, 3.8) is 0 Å². The number of ether oxygens (including phenoxy) is 2. The van der Waals surface area contributed by atoms with Gasteiger partial charge in [0.25, 0.3) is 11.8 Å². The number of hydrogen-bond acceptors (Lipinski definition) is 6. The second kappa shape index (κ2) is 9.34. The molecule has 2 aromatic rings. The molecule has 0 spiro atoms. The first-order chi connectivity index (χ1) is 14.3. The number of methoxy groups -OCH3 is 2. The molecule has 3 rings (SSSR count). The van der Waals surface area contributed by atoms with E-state index >= 15 is 0 Å². The minimum Gasteiger partial charge on any atom is -0.497 e. The van der Waals surface area contributed by atoms with Crippen LogP contribution in [0.1, 0.15) is 10.4 Å². The number of hydrogen-bond donors (Lipinski definition) is 0. The molecule has 0 bridgehead atoms. The number of aliphatic imine (C=N–C) groups is 1. The summed E-state index contributed by atoms with van der Waals surface area (Å²) in [6.45, 7) is 0.